The van der Waals surface area contributed by atoms with Crippen LogP contribution in [0.2, 0.25) is 0 Å². The lowest BCUT2D eigenvalue weighted by molar-refractivity contribution is 0.628. The highest BCUT2D eigenvalue weighted by Gasteiger charge is 2.16. The number of nitriles is 1. The Kier molecular flexibility index (Phi) is 3.10. The van der Waals surface area contributed by atoms with Gasteiger partial charge in [-0.25, -0.2) is 8.78 Å². The molecule has 0 saturated heterocycles. The molecule has 2 aromatic carbocycles. The zero-order valence-electron chi connectivity index (χ0n) is 12.8. The van der Waals surface area contributed by atoms with Gasteiger partial charge < -0.3 is 4.40 Å². The second-order valence-electron chi connectivity index (χ2n) is 5.74. The topological polar surface area (TPSA) is 28.2 Å². The Labute approximate surface area is 137 Å². The molecule has 0 bridgehead atoms. The van der Waals surface area contributed by atoms with E-state index in [-0.39, 0.29) is 11.6 Å². The number of pyridine rings is 1. The number of hydrogen-bond acceptors (Lipinski definition) is 1. The number of aromatic nitrogens is 1. The van der Waals surface area contributed by atoms with E-state index < -0.39 is 0 Å². The van der Waals surface area contributed by atoms with E-state index in [4.69, 9.17) is 0 Å². The van der Waals surface area contributed by atoms with Crippen LogP contribution < -0.4 is 0 Å². The molecule has 0 spiro atoms. The minimum absolute atomic E-state index is 0.320. The summed E-state index contributed by atoms with van der Waals surface area (Å²) in [5.74, 6) is -0.699. The highest BCUT2D eigenvalue weighted by atomic mass is 19.1. The van der Waals surface area contributed by atoms with Crippen LogP contribution in [-0.4, -0.2) is 4.40 Å². The molecule has 0 N–H and O–H groups in total. The number of hydrogen-bond donors (Lipinski definition) is 0. The van der Waals surface area contributed by atoms with Crippen LogP contribution in [0.5, 0.6) is 0 Å². The fraction of sp³-hybridized carbons (Fsp3) is 0.0500. The third-order valence-corrected chi connectivity index (χ3v) is 4.30. The summed E-state index contributed by atoms with van der Waals surface area (Å²) in [6.07, 6.45) is 1.88. The summed E-state index contributed by atoms with van der Waals surface area (Å²) in [5.41, 5.74) is 3.43. The van der Waals surface area contributed by atoms with Crippen molar-refractivity contribution in [3.63, 3.8) is 0 Å². The summed E-state index contributed by atoms with van der Waals surface area (Å²) < 4.78 is 29.7. The van der Waals surface area contributed by atoms with Gasteiger partial charge in [-0.3, -0.25) is 0 Å². The van der Waals surface area contributed by atoms with Crippen molar-refractivity contribution in [1.82, 2.24) is 4.40 Å². The SMILES string of the molecule is Cc1cc(C#N)c2c3c(F)cccc3c(-c3ccc(F)cc3)cn12. The van der Waals surface area contributed by atoms with Gasteiger partial charge in [0.05, 0.1) is 11.1 Å². The van der Waals surface area contributed by atoms with Crippen LogP contribution in [0.1, 0.15) is 11.3 Å². The predicted octanol–water partition coefficient (Wildman–Crippen LogP) is 5.22. The molecule has 2 nitrogen and oxygen atoms in total. The molecule has 116 valence electrons. The Hall–Kier alpha value is -3.19. The average Bonchev–Trinajstić information content (AvgIpc) is 2.91. The van der Waals surface area contributed by atoms with Crippen molar-refractivity contribution in [1.29, 1.82) is 5.26 Å². The lowest BCUT2D eigenvalue weighted by Gasteiger charge is -2.12. The van der Waals surface area contributed by atoms with Crippen LogP contribution in [-0.2, 0) is 0 Å². The van der Waals surface area contributed by atoms with Crippen LogP contribution in [0.3, 0.4) is 0 Å². The molecule has 0 fully saturated rings. The molecule has 4 aromatic rings. The van der Waals surface area contributed by atoms with Crippen molar-refractivity contribution in [2.24, 2.45) is 0 Å². The van der Waals surface area contributed by atoms with Crippen molar-refractivity contribution in [2.45, 2.75) is 6.92 Å². The predicted molar refractivity (Wildman–Crippen MR) is 89.7 cm³/mol. The molecule has 0 aliphatic carbocycles. The minimum Gasteiger partial charge on any atom is -0.319 e. The Morgan fingerprint density at radius 1 is 1.04 bits per heavy atom. The van der Waals surface area contributed by atoms with Crippen LogP contribution in [0, 0.1) is 29.9 Å². The van der Waals surface area contributed by atoms with Gasteiger partial charge in [0, 0.05) is 22.8 Å². The molecule has 0 aliphatic rings. The molecule has 0 saturated carbocycles. The molecule has 0 aliphatic heterocycles. The number of nitrogens with zero attached hydrogens (tertiary/aromatic N) is 2. The normalized spacial score (nSPS) is 11.1. The summed E-state index contributed by atoms with van der Waals surface area (Å²) in [7, 11) is 0. The molecular weight excluding hydrogens is 306 g/mol. The standard InChI is InChI=1S/C20H12F2N2/c1-12-9-14(10-23)20-19-16(3-2-4-18(19)22)17(11-24(12)20)13-5-7-15(21)8-6-13/h2-9,11H,1H3. The van der Waals surface area contributed by atoms with Gasteiger partial charge in [-0.05, 0) is 42.1 Å². The van der Waals surface area contributed by atoms with Crippen molar-refractivity contribution in [3.05, 3.63) is 77.6 Å². The maximum absolute atomic E-state index is 14.6. The Morgan fingerprint density at radius 2 is 1.79 bits per heavy atom. The fourth-order valence-electron chi connectivity index (χ4n) is 3.21. The fourth-order valence-corrected chi connectivity index (χ4v) is 3.21. The zero-order chi connectivity index (χ0) is 16.8. The van der Waals surface area contributed by atoms with Gasteiger partial charge in [-0.15, -0.1) is 0 Å². The molecule has 2 aromatic heterocycles. The molecule has 4 rings (SSSR count). The highest BCUT2D eigenvalue weighted by Crippen LogP contribution is 2.35. The molecule has 2 heterocycles. The van der Waals surface area contributed by atoms with Crippen LogP contribution in [0.15, 0.2) is 54.7 Å². The van der Waals surface area contributed by atoms with E-state index in [1.165, 1.54) is 18.2 Å². The second kappa shape index (κ2) is 5.17. The third kappa shape index (κ3) is 1.99. The zero-order valence-corrected chi connectivity index (χ0v) is 12.8. The van der Waals surface area contributed by atoms with E-state index in [1.54, 1.807) is 24.3 Å². The molecule has 24 heavy (non-hydrogen) atoms. The number of aryl methyl sites for hydroxylation is 1. The van der Waals surface area contributed by atoms with Gasteiger partial charge in [0.1, 0.15) is 17.7 Å². The molecule has 0 amide bonds. The van der Waals surface area contributed by atoms with Crippen LogP contribution >= 0.6 is 0 Å². The molecule has 0 radical (unpaired) electrons. The quantitative estimate of drug-likeness (QED) is 0.473. The number of benzene rings is 2. The van der Waals surface area contributed by atoms with Crippen molar-refractivity contribution >= 4 is 16.3 Å². The monoisotopic (exact) mass is 318 g/mol. The average molecular weight is 318 g/mol. The van der Waals surface area contributed by atoms with Gasteiger partial charge >= 0.3 is 0 Å². The van der Waals surface area contributed by atoms with E-state index in [0.717, 1.165) is 16.8 Å². The van der Waals surface area contributed by atoms with Crippen molar-refractivity contribution in [2.75, 3.05) is 0 Å². The van der Waals surface area contributed by atoms with Crippen molar-refractivity contribution < 1.29 is 8.78 Å². The molecule has 0 unspecified atom stereocenters. The summed E-state index contributed by atoms with van der Waals surface area (Å²) in [4.78, 5) is 0. The summed E-state index contributed by atoms with van der Waals surface area (Å²) in [6.45, 7) is 1.87. The summed E-state index contributed by atoms with van der Waals surface area (Å²) in [6, 6.07) is 14.8. The van der Waals surface area contributed by atoms with E-state index in [9.17, 15) is 14.0 Å². The smallest absolute Gasteiger partial charge is 0.133 e. The lowest BCUT2D eigenvalue weighted by Crippen LogP contribution is -1.94. The molecule has 4 heteroatoms. The third-order valence-electron chi connectivity index (χ3n) is 4.30. The number of rotatable bonds is 1. The van der Waals surface area contributed by atoms with Gasteiger partial charge in [-0.1, -0.05) is 24.3 Å². The maximum atomic E-state index is 14.6. The number of halogens is 2. The minimum atomic E-state index is -0.379. The lowest BCUT2D eigenvalue weighted by atomic mass is 9.99. The van der Waals surface area contributed by atoms with E-state index in [0.29, 0.717) is 21.9 Å². The Bertz CT molecular complexity index is 1130. The van der Waals surface area contributed by atoms with Gasteiger partial charge in [0.15, 0.2) is 0 Å². The number of fused-ring (bicyclic) bond motifs is 3. The van der Waals surface area contributed by atoms with Crippen LogP contribution in [0.4, 0.5) is 8.78 Å². The Balaban J connectivity index is 2.22. The summed E-state index contributed by atoms with van der Waals surface area (Å²) in [5, 5.41) is 10.5. The first kappa shape index (κ1) is 14.4. The van der Waals surface area contributed by atoms with Crippen molar-refractivity contribution in [3.8, 4) is 17.2 Å². The summed E-state index contributed by atoms with van der Waals surface area (Å²) >= 11 is 0. The first-order valence-electron chi connectivity index (χ1n) is 7.49. The highest BCUT2D eigenvalue weighted by molar-refractivity contribution is 6.06. The van der Waals surface area contributed by atoms with E-state index in [2.05, 4.69) is 6.07 Å². The second-order valence-corrected chi connectivity index (χ2v) is 5.74. The molecule has 0 atom stereocenters. The molecular formula is C20H12F2N2. The van der Waals surface area contributed by atoms with E-state index >= 15 is 0 Å². The van der Waals surface area contributed by atoms with Gasteiger partial charge in [0.2, 0.25) is 0 Å². The van der Waals surface area contributed by atoms with E-state index in [1.807, 2.05) is 23.6 Å². The van der Waals surface area contributed by atoms with Gasteiger partial charge in [-0.2, -0.15) is 5.26 Å². The maximum Gasteiger partial charge on any atom is 0.133 e. The van der Waals surface area contributed by atoms with Gasteiger partial charge in [0.25, 0.3) is 0 Å². The Morgan fingerprint density at radius 3 is 2.50 bits per heavy atom. The first-order chi connectivity index (χ1) is 11.6. The first-order valence-corrected chi connectivity index (χ1v) is 7.49. The largest absolute Gasteiger partial charge is 0.319 e. The van der Waals surface area contributed by atoms with Crippen LogP contribution in [0.25, 0.3) is 27.4 Å².